The second kappa shape index (κ2) is 54.0. The van der Waals surface area contributed by atoms with Crippen LogP contribution in [0, 0.1) is 0 Å². The number of allylic oxidation sites excluding steroid dienone is 4. The van der Waals surface area contributed by atoms with E-state index in [4.69, 9.17) is 4.74 Å². The number of ether oxygens (including phenoxy) is 1. The van der Waals surface area contributed by atoms with Gasteiger partial charge in [-0.1, -0.05) is 263 Å². The Morgan fingerprint density at radius 1 is 0.438 bits per heavy atom. The Morgan fingerprint density at radius 3 is 1.16 bits per heavy atom. The highest BCUT2D eigenvalue weighted by Crippen LogP contribution is 2.17. The van der Waals surface area contributed by atoms with Gasteiger partial charge in [-0.15, -0.1) is 0 Å². The summed E-state index contributed by atoms with van der Waals surface area (Å²) >= 11 is 0. The smallest absolute Gasteiger partial charge is 0.305 e. The van der Waals surface area contributed by atoms with Crippen LogP contribution < -0.4 is 5.32 Å². The lowest BCUT2D eigenvalue weighted by atomic mass is 10.0. The van der Waals surface area contributed by atoms with E-state index in [2.05, 4.69) is 43.5 Å². The number of hydrogen-bond acceptors (Lipinski definition) is 5. The number of unbranched alkanes of at least 4 members (excludes halogenated alkanes) is 39. The predicted octanol–water partition coefficient (Wildman–Crippen LogP) is 17.5. The van der Waals surface area contributed by atoms with E-state index in [-0.39, 0.29) is 18.5 Å². The number of carbonyl (C=O) groups is 2. The van der Waals surface area contributed by atoms with Gasteiger partial charge in [-0.3, -0.25) is 9.59 Å². The highest BCUT2D eigenvalue weighted by atomic mass is 16.5. The molecule has 0 rings (SSSR count). The van der Waals surface area contributed by atoms with E-state index in [0.717, 1.165) is 70.6 Å². The zero-order chi connectivity index (χ0) is 46.5. The maximum Gasteiger partial charge on any atom is 0.305 e. The average molecular weight is 903 g/mol. The molecule has 0 fully saturated rings. The monoisotopic (exact) mass is 902 g/mol. The zero-order valence-electron chi connectivity index (χ0n) is 43.0. The van der Waals surface area contributed by atoms with Crippen LogP contribution in [0.1, 0.15) is 309 Å². The minimum Gasteiger partial charge on any atom is -0.466 e. The summed E-state index contributed by atoms with van der Waals surface area (Å²) in [6.07, 6.45) is 64.5. The first-order valence-electron chi connectivity index (χ1n) is 28.6. The molecular formula is C58H111NO5. The average Bonchev–Trinajstić information content (AvgIpc) is 3.29. The summed E-state index contributed by atoms with van der Waals surface area (Å²) in [6, 6.07) is -0.548. The molecule has 64 heavy (non-hydrogen) atoms. The maximum atomic E-state index is 12.5. The summed E-state index contributed by atoms with van der Waals surface area (Å²) in [4.78, 5) is 24.5. The third kappa shape index (κ3) is 49.8. The Bertz CT molecular complexity index is 997. The Labute approximate surface area is 399 Å². The quantitative estimate of drug-likeness (QED) is 0.0321. The number of aliphatic hydroxyl groups excluding tert-OH is 2. The Balaban J connectivity index is 3.47. The van der Waals surface area contributed by atoms with Gasteiger partial charge in [0.2, 0.25) is 5.91 Å². The van der Waals surface area contributed by atoms with Crippen molar-refractivity contribution >= 4 is 11.9 Å². The summed E-state index contributed by atoms with van der Waals surface area (Å²) in [5, 5.41) is 23.3. The zero-order valence-corrected chi connectivity index (χ0v) is 43.0. The molecular weight excluding hydrogens is 791 g/mol. The van der Waals surface area contributed by atoms with Crippen molar-refractivity contribution in [1.29, 1.82) is 0 Å². The van der Waals surface area contributed by atoms with Crippen LogP contribution in [-0.4, -0.2) is 47.4 Å². The molecule has 3 N–H and O–H groups in total. The molecule has 2 unspecified atom stereocenters. The van der Waals surface area contributed by atoms with Gasteiger partial charge in [-0.05, 0) is 57.8 Å². The lowest BCUT2D eigenvalue weighted by Gasteiger charge is -2.22. The number of nitrogens with one attached hydrogen (secondary N) is 1. The van der Waals surface area contributed by atoms with Gasteiger partial charge in [-0.25, -0.2) is 0 Å². The Hall–Kier alpha value is -1.66. The maximum absolute atomic E-state index is 12.5. The van der Waals surface area contributed by atoms with Gasteiger partial charge in [0.1, 0.15) is 0 Å². The summed E-state index contributed by atoms with van der Waals surface area (Å²) in [6.45, 7) is 4.92. The normalized spacial score (nSPS) is 12.8. The van der Waals surface area contributed by atoms with Gasteiger partial charge >= 0.3 is 5.97 Å². The number of hydrogen-bond donors (Lipinski definition) is 3. The first kappa shape index (κ1) is 62.3. The summed E-state index contributed by atoms with van der Waals surface area (Å²) in [5.74, 6) is -0.0551. The molecule has 0 aliphatic rings. The highest BCUT2D eigenvalue weighted by molar-refractivity contribution is 5.76. The van der Waals surface area contributed by atoms with Gasteiger partial charge < -0.3 is 20.3 Å². The van der Waals surface area contributed by atoms with E-state index in [1.165, 1.54) is 205 Å². The van der Waals surface area contributed by atoms with Crippen LogP contribution in [0.25, 0.3) is 0 Å². The topological polar surface area (TPSA) is 95.9 Å². The van der Waals surface area contributed by atoms with Crippen molar-refractivity contribution in [2.75, 3.05) is 13.2 Å². The Kier molecular flexibility index (Phi) is 52.6. The lowest BCUT2D eigenvalue weighted by molar-refractivity contribution is -0.143. The van der Waals surface area contributed by atoms with E-state index in [1.807, 2.05) is 0 Å². The molecule has 6 nitrogen and oxygen atoms in total. The third-order valence-electron chi connectivity index (χ3n) is 13.3. The van der Waals surface area contributed by atoms with Crippen LogP contribution >= 0.6 is 0 Å². The Morgan fingerprint density at radius 2 is 0.766 bits per heavy atom. The van der Waals surface area contributed by atoms with Crippen molar-refractivity contribution in [2.45, 2.75) is 321 Å². The fraction of sp³-hybridized carbons (Fsp3) is 0.897. The first-order chi connectivity index (χ1) is 31.5. The largest absolute Gasteiger partial charge is 0.466 e. The third-order valence-corrected chi connectivity index (χ3v) is 13.3. The number of carbonyl (C=O) groups excluding carboxylic acids is 2. The van der Waals surface area contributed by atoms with Gasteiger partial charge in [0, 0.05) is 12.8 Å². The van der Waals surface area contributed by atoms with Crippen LogP contribution in [0.2, 0.25) is 0 Å². The van der Waals surface area contributed by atoms with Gasteiger partial charge in [-0.2, -0.15) is 0 Å². The van der Waals surface area contributed by atoms with Crippen LogP contribution in [-0.2, 0) is 14.3 Å². The van der Waals surface area contributed by atoms with Crippen LogP contribution in [0.15, 0.2) is 24.3 Å². The standard InChI is InChI=1S/C58H111NO5/c1-3-5-7-9-11-13-15-17-23-27-30-34-38-42-46-50-56(61)55(54-60)59-57(62)51-47-43-39-35-31-28-24-21-19-18-20-22-25-29-33-37-41-45-49-53-64-58(63)52-48-44-40-36-32-26-16-14-12-10-8-6-4-2/h22,25,29,33,55-56,60-61H,3-21,23-24,26-28,30-32,34-54H2,1-2H3,(H,59,62)/b25-22-,33-29-. The summed E-state index contributed by atoms with van der Waals surface area (Å²) < 4.78 is 5.45. The molecule has 0 aromatic heterocycles. The van der Waals surface area contributed by atoms with Crippen molar-refractivity contribution in [3.8, 4) is 0 Å². The summed E-state index contributed by atoms with van der Waals surface area (Å²) in [7, 11) is 0. The highest BCUT2D eigenvalue weighted by Gasteiger charge is 2.20. The lowest BCUT2D eigenvalue weighted by Crippen LogP contribution is -2.45. The minimum absolute atomic E-state index is 0.0116. The van der Waals surface area contributed by atoms with Crippen molar-refractivity contribution in [2.24, 2.45) is 0 Å². The molecule has 2 atom stereocenters. The van der Waals surface area contributed by atoms with Gasteiger partial charge in [0.25, 0.3) is 0 Å². The minimum atomic E-state index is -0.670. The molecule has 0 heterocycles. The SMILES string of the molecule is CCCCCCCCCCCCCCCCCC(O)C(CO)NC(=O)CCCCCCCCCCCC/C=C\C=C/CCCCCOC(=O)CCCCCCCCCCCCCCC. The molecule has 0 radical (unpaired) electrons. The van der Waals surface area contributed by atoms with E-state index in [0.29, 0.717) is 25.9 Å². The van der Waals surface area contributed by atoms with Gasteiger partial charge in [0.05, 0.1) is 25.4 Å². The van der Waals surface area contributed by atoms with Crippen LogP contribution in [0.5, 0.6) is 0 Å². The second-order valence-corrected chi connectivity index (χ2v) is 19.7. The molecule has 6 heteroatoms. The predicted molar refractivity (Wildman–Crippen MR) is 278 cm³/mol. The molecule has 0 aromatic rings. The van der Waals surface area contributed by atoms with E-state index in [1.54, 1.807) is 0 Å². The van der Waals surface area contributed by atoms with E-state index < -0.39 is 12.1 Å². The summed E-state index contributed by atoms with van der Waals surface area (Å²) in [5.41, 5.74) is 0. The van der Waals surface area contributed by atoms with Crippen molar-refractivity contribution < 1.29 is 24.5 Å². The van der Waals surface area contributed by atoms with E-state index >= 15 is 0 Å². The molecule has 0 spiro atoms. The van der Waals surface area contributed by atoms with Gasteiger partial charge in [0.15, 0.2) is 0 Å². The molecule has 378 valence electrons. The number of amides is 1. The molecule has 0 aliphatic heterocycles. The van der Waals surface area contributed by atoms with Crippen molar-refractivity contribution in [1.82, 2.24) is 5.32 Å². The fourth-order valence-electron chi connectivity index (χ4n) is 8.87. The van der Waals surface area contributed by atoms with Crippen molar-refractivity contribution in [3.05, 3.63) is 24.3 Å². The number of rotatable bonds is 53. The molecule has 0 saturated heterocycles. The number of esters is 1. The number of aliphatic hydroxyl groups is 2. The molecule has 0 saturated carbocycles. The molecule has 0 bridgehead atoms. The molecule has 1 amide bonds. The fourth-order valence-corrected chi connectivity index (χ4v) is 8.87. The molecule has 0 aliphatic carbocycles. The molecule has 0 aromatic carbocycles. The second-order valence-electron chi connectivity index (χ2n) is 19.7. The van der Waals surface area contributed by atoms with Crippen LogP contribution in [0.4, 0.5) is 0 Å². The van der Waals surface area contributed by atoms with E-state index in [9.17, 15) is 19.8 Å². The van der Waals surface area contributed by atoms with Crippen molar-refractivity contribution in [3.63, 3.8) is 0 Å². The van der Waals surface area contributed by atoms with Crippen LogP contribution in [0.3, 0.4) is 0 Å². The first-order valence-corrected chi connectivity index (χ1v) is 28.6.